The molecule has 4 heteroatoms. The fraction of sp³-hybridized carbons (Fsp3) is 0.200. The van der Waals surface area contributed by atoms with E-state index in [-0.39, 0.29) is 11.5 Å². The topological polar surface area (TPSA) is 49.7 Å². The van der Waals surface area contributed by atoms with Crippen molar-refractivity contribution in [2.75, 3.05) is 0 Å². The van der Waals surface area contributed by atoms with Crippen LogP contribution in [-0.4, -0.2) is 20.0 Å². The number of phenols is 2. The summed E-state index contributed by atoms with van der Waals surface area (Å²) in [4.78, 5) is 0. The normalized spacial score (nSPS) is 11.0. The van der Waals surface area contributed by atoms with Crippen molar-refractivity contribution >= 4 is 27.1 Å². The van der Waals surface area contributed by atoms with Crippen LogP contribution in [0, 0.1) is 27.7 Å². The molecule has 0 aliphatic heterocycles. The molecule has 0 saturated heterocycles. The molecule has 24 heavy (non-hydrogen) atoms. The average molecular weight is 340 g/mol. The van der Waals surface area contributed by atoms with Crippen LogP contribution in [0.2, 0.25) is 0 Å². The lowest BCUT2D eigenvalue weighted by molar-refractivity contribution is 0.438. The van der Waals surface area contributed by atoms with E-state index in [1.807, 2.05) is 33.8 Å². The van der Waals surface area contributed by atoms with Gasteiger partial charge in [0.05, 0.1) is 0 Å². The molecule has 2 N–H and O–H groups in total. The summed E-state index contributed by atoms with van der Waals surface area (Å²) in [5.41, 5.74) is 5.52. The van der Waals surface area contributed by atoms with E-state index in [4.69, 9.17) is 4.43 Å². The van der Waals surface area contributed by atoms with Gasteiger partial charge < -0.3 is 14.6 Å². The van der Waals surface area contributed by atoms with Gasteiger partial charge in [-0.1, -0.05) is 31.4 Å². The van der Waals surface area contributed by atoms with E-state index in [2.05, 4.69) is 13.2 Å². The molecule has 0 aliphatic carbocycles. The second kappa shape index (κ2) is 6.97. The molecular weight excluding hydrogens is 316 g/mol. The van der Waals surface area contributed by atoms with Crippen molar-refractivity contribution in [1.82, 2.24) is 0 Å². The maximum atomic E-state index is 10.5. The summed E-state index contributed by atoms with van der Waals surface area (Å²) in [6, 6.07) is 3.58. The molecule has 0 aliphatic rings. The minimum atomic E-state index is -1.29. The van der Waals surface area contributed by atoms with Crippen LogP contribution in [0.5, 0.6) is 17.2 Å². The number of benzene rings is 2. The molecule has 0 saturated carbocycles. The molecule has 2 aromatic rings. The Morgan fingerprint density at radius 1 is 0.917 bits per heavy atom. The second-order valence-electron chi connectivity index (χ2n) is 5.96. The van der Waals surface area contributed by atoms with E-state index < -0.39 is 9.76 Å². The quantitative estimate of drug-likeness (QED) is 0.820. The summed E-state index contributed by atoms with van der Waals surface area (Å²) in [6.07, 6.45) is 3.43. The molecule has 0 heterocycles. The van der Waals surface area contributed by atoms with Crippen LogP contribution < -0.4 is 9.61 Å². The van der Waals surface area contributed by atoms with Crippen molar-refractivity contribution in [3.05, 3.63) is 58.7 Å². The van der Waals surface area contributed by atoms with Crippen molar-refractivity contribution in [1.29, 1.82) is 0 Å². The number of hydrogen-bond donors (Lipinski definition) is 2. The highest BCUT2D eigenvalue weighted by molar-refractivity contribution is 6.50. The number of rotatable bonds is 5. The Bertz CT molecular complexity index is 823. The molecule has 0 atom stereocenters. The lowest BCUT2D eigenvalue weighted by atomic mass is 9.95. The van der Waals surface area contributed by atoms with Gasteiger partial charge in [-0.2, -0.15) is 0 Å². The molecule has 0 radical (unpaired) electrons. The number of hydrogen-bond acceptors (Lipinski definition) is 3. The third-order valence-electron chi connectivity index (χ3n) is 4.69. The highest BCUT2D eigenvalue weighted by Crippen LogP contribution is 2.40. The van der Waals surface area contributed by atoms with Crippen LogP contribution >= 0.6 is 0 Å². The fourth-order valence-corrected chi connectivity index (χ4v) is 4.14. The molecule has 0 aromatic heterocycles. The van der Waals surface area contributed by atoms with Gasteiger partial charge in [0.25, 0.3) is 9.76 Å². The highest BCUT2D eigenvalue weighted by atomic mass is 28.2. The summed E-state index contributed by atoms with van der Waals surface area (Å²) in [7, 11) is -1.29. The molecule has 2 aromatic carbocycles. The molecule has 0 fully saturated rings. The third-order valence-corrected chi connectivity index (χ3v) is 6.30. The first-order chi connectivity index (χ1) is 11.3. The molecule has 0 spiro atoms. The lowest BCUT2D eigenvalue weighted by Gasteiger charge is -2.19. The van der Waals surface area contributed by atoms with Crippen molar-refractivity contribution < 1.29 is 14.6 Å². The van der Waals surface area contributed by atoms with Gasteiger partial charge in [0.1, 0.15) is 5.75 Å². The van der Waals surface area contributed by atoms with Gasteiger partial charge in [0, 0.05) is 10.8 Å². The van der Waals surface area contributed by atoms with E-state index in [9.17, 15) is 10.2 Å². The first-order valence-corrected chi connectivity index (χ1v) is 9.13. The minimum absolute atomic E-state index is 0.130. The Morgan fingerprint density at radius 2 is 1.54 bits per heavy atom. The zero-order valence-electron chi connectivity index (χ0n) is 14.7. The van der Waals surface area contributed by atoms with Gasteiger partial charge >= 0.3 is 0 Å². The third kappa shape index (κ3) is 2.97. The monoisotopic (exact) mass is 340 g/mol. The van der Waals surface area contributed by atoms with E-state index in [1.54, 1.807) is 18.2 Å². The van der Waals surface area contributed by atoms with Crippen molar-refractivity contribution in [3.63, 3.8) is 0 Å². The first kappa shape index (κ1) is 17.9. The smallest absolute Gasteiger partial charge is 0.255 e. The minimum Gasteiger partial charge on any atom is -0.542 e. The average Bonchev–Trinajstić information content (AvgIpc) is 2.57. The van der Waals surface area contributed by atoms with E-state index >= 15 is 0 Å². The number of aromatic hydroxyl groups is 2. The highest BCUT2D eigenvalue weighted by Gasteiger charge is 2.19. The predicted molar refractivity (Wildman–Crippen MR) is 104 cm³/mol. The summed E-state index contributed by atoms with van der Waals surface area (Å²) in [5.74, 6) is 0.803. The summed E-state index contributed by atoms with van der Waals surface area (Å²) < 4.78 is 6.05. The maximum absolute atomic E-state index is 10.5. The molecule has 2 rings (SSSR count). The fourth-order valence-electron chi connectivity index (χ4n) is 2.80. The van der Waals surface area contributed by atoms with Gasteiger partial charge in [0.2, 0.25) is 0 Å². The maximum Gasteiger partial charge on any atom is 0.255 e. The zero-order valence-corrected chi connectivity index (χ0v) is 16.1. The Kier molecular flexibility index (Phi) is 5.19. The van der Waals surface area contributed by atoms with Crippen LogP contribution in [0.25, 0.3) is 12.2 Å². The molecular formula is C20H24O3Si. The van der Waals surface area contributed by atoms with E-state index in [0.717, 1.165) is 38.6 Å². The van der Waals surface area contributed by atoms with Crippen molar-refractivity contribution in [2.45, 2.75) is 27.7 Å². The van der Waals surface area contributed by atoms with Crippen LogP contribution in [0.4, 0.5) is 0 Å². The Hall–Kier alpha value is -2.46. The van der Waals surface area contributed by atoms with Gasteiger partial charge in [-0.15, -0.1) is 0 Å². The van der Waals surface area contributed by atoms with Crippen LogP contribution in [0.15, 0.2) is 25.3 Å². The van der Waals surface area contributed by atoms with Crippen LogP contribution in [0.3, 0.4) is 0 Å². The summed E-state index contributed by atoms with van der Waals surface area (Å²) >= 11 is 0. The largest absolute Gasteiger partial charge is 0.542 e. The zero-order chi connectivity index (χ0) is 18.0. The standard InChI is InChI=1S/C20H24O3Si/c1-7-15-13(5)14(6)18(22)19(16(15)8-2)23-24-20-12(4)11(3)9-10-17(20)21/h7-10,21-22H,1-2,24H2,3-6H3. The summed E-state index contributed by atoms with van der Waals surface area (Å²) in [6.45, 7) is 15.5. The number of phenolic OH excluding ortho intramolecular Hbond substituents is 2. The van der Waals surface area contributed by atoms with Crippen LogP contribution in [0.1, 0.15) is 33.4 Å². The molecule has 0 unspecified atom stereocenters. The van der Waals surface area contributed by atoms with Gasteiger partial charge in [-0.25, -0.2) is 0 Å². The van der Waals surface area contributed by atoms with E-state index in [0.29, 0.717) is 5.75 Å². The van der Waals surface area contributed by atoms with Crippen molar-refractivity contribution in [3.8, 4) is 17.2 Å². The molecule has 126 valence electrons. The molecule has 0 amide bonds. The summed E-state index contributed by atoms with van der Waals surface area (Å²) in [5, 5.41) is 21.5. The molecule has 3 nitrogen and oxygen atoms in total. The van der Waals surface area contributed by atoms with Gasteiger partial charge in [-0.05, 0) is 61.6 Å². The predicted octanol–water partition coefficient (Wildman–Crippen LogP) is 3.41. The Labute approximate surface area is 145 Å². The van der Waals surface area contributed by atoms with Gasteiger partial charge in [-0.3, -0.25) is 0 Å². The van der Waals surface area contributed by atoms with Crippen LogP contribution in [-0.2, 0) is 0 Å². The SMILES string of the molecule is C=Cc1c(C)c(C)c(O)c(O[SiH2]c2c(O)ccc(C)c2C)c1C=C. The molecule has 0 bridgehead atoms. The van der Waals surface area contributed by atoms with Gasteiger partial charge in [0.15, 0.2) is 11.5 Å². The van der Waals surface area contributed by atoms with E-state index in [1.165, 1.54) is 0 Å². The first-order valence-electron chi connectivity index (χ1n) is 7.85. The Balaban J connectivity index is 2.52. The van der Waals surface area contributed by atoms with Crippen molar-refractivity contribution in [2.24, 2.45) is 0 Å². The lowest BCUT2D eigenvalue weighted by Crippen LogP contribution is -2.25. The Morgan fingerprint density at radius 3 is 2.12 bits per heavy atom. The second-order valence-corrected chi connectivity index (χ2v) is 7.24. The number of aryl methyl sites for hydroxylation is 1.